The van der Waals surface area contributed by atoms with E-state index in [0.29, 0.717) is 17.4 Å². The third-order valence-corrected chi connectivity index (χ3v) is 7.11. The molecule has 0 spiro atoms. The lowest BCUT2D eigenvalue weighted by Gasteiger charge is -2.32. The fourth-order valence-corrected chi connectivity index (χ4v) is 5.20. The molecule has 0 amide bonds. The first-order chi connectivity index (χ1) is 16.0. The van der Waals surface area contributed by atoms with Crippen molar-refractivity contribution in [1.29, 1.82) is 0 Å². The van der Waals surface area contributed by atoms with E-state index in [1.807, 2.05) is 6.07 Å². The predicted octanol–water partition coefficient (Wildman–Crippen LogP) is 6.25. The number of nitrogens with one attached hydrogen (secondary N) is 1. The number of nitrogens with zero attached hydrogens (tertiary/aromatic N) is 2. The molecule has 0 saturated heterocycles. The van der Waals surface area contributed by atoms with Crippen LogP contribution in [0.2, 0.25) is 0 Å². The van der Waals surface area contributed by atoms with E-state index >= 15 is 0 Å². The van der Waals surface area contributed by atoms with Gasteiger partial charge in [0.15, 0.2) is 5.82 Å². The van der Waals surface area contributed by atoms with Crippen molar-refractivity contribution < 1.29 is 18.3 Å². The third-order valence-electron chi connectivity index (χ3n) is 7.11. The van der Waals surface area contributed by atoms with E-state index in [4.69, 9.17) is 0 Å². The molecule has 1 N–H and O–H groups in total. The van der Waals surface area contributed by atoms with Gasteiger partial charge in [0, 0.05) is 17.5 Å². The number of carbonyl (C=O) groups excluding carboxylic acids is 1. The van der Waals surface area contributed by atoms with Crippen molar-refractivity contribution in [2.45, 2.75) is 44.4 Å². The number of hydrogen-bond donors (Lipinski definition) is 1. The Morgan fingerprint density at radius 3 is 2.61 bits per heavy atom. The highest BCUT2D eigenvalue weighted by molar-refractivity contribution is 5.94. The summed E-state index contributed by atoms with van der Waals surface area (Å²) in [4.78, 5) is 23.9. The maximum Gasteiger partial charge on any atom is 0.340 e. The number of ether oxygens (including phenoxy) is 1. The Hall–Kier alpha value is -3.35. The zero-order valence-corrected chi connectivity index (χ0v) is 18.6. The van der Waals surface area contributed by atoms with Crippen molar-refractivity contribution in [3.8, 4) is 0 Å². The molecule has 5 nitrogen and oxygen atoms in total. The van der Waals surface area contributed by atoms with Gasteiger partial charge in [0.05, 0.1) is 23.7 Å². The van der Waals surface area contributed by atoms with Crippen LogP contribution in [-0.4, -0.2) is 28.0 Å². The molecule has 0 bridgehead atoms. The lowest BCUT2D eigenvalue weighted by atomic mass is 9.73. The third kappa shape index (κ3) is 3.86. The number of pyridine rings is 1. The number of H-pyrrole nitrogens is 1. The fourth-order valence-electron chi connectivity index (χ4n) is 5.20. The number of hydrogen-bond acceptors (Lipinski definition) is 4. The van der Waals surface area contributed by atoms with Crippen molar-refractivity contribution in [2.24, 2.45) is 5.92 Å². The van der Waals surface area contributed by atoms with Gasteiger partial charge in [-0.1, -0.05) is 6.92 Å². The molecule has 7 heteroatoms. The van der Waals surface area contributed by atoms with Gasteiger partial charge in [0.2, 0.25) is 0 Å². The Morgan fingerprint density at radius 2 is 1.85 bits per heavy atom. The Bertz CT molecular complexity index is 1340. The van der Waals surface area contributed by atoms with Crippen molar-refractivity contribution >= 4 is 27.9 Å². The van der Waals surface area contributed by atoms with Crippen LogP contribution >= 0.6 is 0 Å². The topological polar surface area (TPSA) is 67.9 Å². The van der Waals surface area contributed by atoms with Crippen molar-refractivity contribution in [3.63, 3.8) is 0 Å². The standard InChI is InChI=1S/C26H25F2N3O2/c1-14(25-30-22-10-8-19(26(32)33-2)23(28)24(22)31-25)15-3-5-16(6-4-15)18-11-12-29-21-9-7-17(27)13-20(18)21/h7-16H,3-6H2,1-2H3,(H,30,31)/t14?,15-,16+. The number of aromatic amines is 1. The minimum Gasteiger partial charge on any atom is -0.465 e. The van der Waals surface area contributed by atoms with Gasteiger partial charge in [-0.05, 0) is 79.5 Å². The van der Waals surface area contributed by atoms with Crippen LogP contribution < -0.4 is 0 Å². The van der Waals surface area contributed by atoms with E-state index in [1.165, 1.54) is 19.2 Å². The van der Waals surface area contributed by atoms with E-state index in [-0.39, 0.29) is 22.8 Å². The van der Waals surface area contributed by atoms with Gasteiger partial charge in [-0.25, -0.2) is 18.6 Å². The summed E-state index contributed by atoms with van der Waals surface area (Å²) < 4.78 is 33.3. The zero-order chi connectivity index (χ0) is 23.1. The summed E-state index contributed by atoms with van der Waals surface area (Å²) in [6, 6.07) is 9.82. The molecule has 1 atom stereocenters. The number of aromatic nitrogens is 3. The quantitative estimate of drug-likeness (QED) is 0.374. The number of rotatable bonds is 4. The van der Waals surface area contributed by atoms with Gasteiger partial charge in [-0.3, -0.25) is 4.98 Å². The molecule has 1 fully saturated rings. The van der Waals surface area contributed by atoms with E-state index < -0.39 is 11.8 Å². The molecule has 1 aliphatic carbocycles. The number of methoxy groups -OCH3 is 1. The SMILES string of the molecule is COC(=O)c1ccc2nc(C(C)[C@H]3CC[C@@H](c4ccnc5ccc(F)cc54)CC3)[nH]c2c1F. The Kier molecular flexibility index (Phi) is 5.56. The molecule has 2 heterocycles. The Balaban J connectivity index is 1.34. The number of carbonyl (C=O) groups is 1. The summed E-state index contributed by atoms with van der Waals surface area (Å²) in [6.07, 6.45) is 5.78. The smallest absolute Gasteiger partial charge is 0.340 e. The second-order valence-corrected chi connectivity index (χ2v) is 8.90. The van der Waals surface area contributed by atoms with Crippen molar-refractivity contribution in [2.75, 3.05) is 7.11 Å². The molecule has 170 valence electrons. The molecule has 2 aromatic heterocycles. The molecular formula is C26H25F2N3O2. The molecule has 1 unspecified atom stereocenters. The van der Waals surface area contributed by atoms with Crippen molar-refractivity contribution in [1.82, 2.24) is 15.0 Å². The van der Waals surface area contributed by atoms with Crippen LogP contribution in [-0.2, 0) is 4.74 Å². The van der Waals surface area contributed by atoms with Crippen LogP contribution in [0.3, 0.4) is 0 Å². The summed E-state index contributed by atoms with van der Waals surface area (Å²) in [5, 5.41) is 0.892. The average molecular weight is 450 g/mol. The normalized spacial score (nSPS) is 19.6. The van der Waals surface area contributed by atoms with Gasteiger partial charge >= 0.3 is 5.97 Å². The van der Waals surface area contributed by atoms with Crippen LogP contribution in [0.5, 0.6) is 0 Å². The fraction of sp³-hybridized carbons (Fsp3) is 0.346. The van der Waals surface area contributed by atoms with Crippen LogP contribution in [0.15, 0.2) is 42.6 Å². The second kappa shape index (κ2) is 8.54. The Morgan fingerprint density at radius 1 is 1.09 bits per heavy atom. The first-order valence-corrected chi connectivity index (χ1v) is 11.3. The number of benzene rings is 2. The molecule has 1 aliphatic rings. The first-order valence-electron chi connectivity index (χ1n) is 11.3. The zero-order valence-electron chi connectivity index (χ0n) is 18.6. The molecule has 33 heavy (non-hydrogen) atoms. The molecule has 0 aliphatic heterocycles. The second-order valence-electron chi connectivity index (χ2n) is 8.90. The largest absolute Gasteiger partial charge is 0.465 e. The number of halogens is 2. The maximum atomic E-state index is 14.8. The van der Waals surface area contributed by atoms with Gasteiger partial charge in [-0.15, -0.1) is 0 Å². The van der Waals surface area contributed by atoms with E-state index in [0.717, 1.165) is 48.0 Å². The van der Waals surface area contributed by atoms with Crippen LogP contribution in [0.1, 0.15) is 66.2 Å². The lowest BCUT2D eigenvalue weighted by molar-refractivity contribution is 0.0596. The molecule has 0 radical (unpaired) electrons. The molecule has 4 aromatic rings. The van der Waals surface area contributed by atoms with Crippen LogP contribution in [0.25, 0.3) is 21.9 Å². The van der Waals surface area contributed by atoms with E-state index in [9.17, 15) is 13.6 Å². The van der Waals surface area contributed by atoms with E-state index in [1.54, 1.807) is 24.4 Å². The molecule has 1 saturated carbocycles. The summed E-state index contributed by atoms with van der Waals surface area (Å²) in [6.45, 7) is 2.11. The highest BCUT2D eigenvalue weighted by atomic mass is 19.1. The van der Waals surface area contributed by atoms with Crippen LogP contribution in [0, 0.1) is 17.6 Å². The summed E-state index contributed by atoms with van der Waals surface area (Å²) in [5.41, 5.74) is 2.61. The molecular weight excluding hydrogens is 424 g/mol. The monoisotopic (exact) mass is 449 g/mol. The minimum absolute atomic E-state index is 0.102. The minimum atomic E-state index is -0.708. The summed E-state index contributed by atoms with van der Waals surface area (Å²) >= 11 is 0. The lowest BCUT2D eigenvalue weighted by Crippen LogP contribution is -2.19. The summed E-state index contributed by atoms with van der Waals surface area (Å²) in [7, 11) is 1.23. The highest BCUT2D eigenvalue weighted by Crippen LogP contribution is 2.43. The number of esters is 1. The Labute approximate surface area is 190 Å². The van der Waals surface area contributed by atoms with Gasteiger partial charge < -0.3 is 9.72 Å². The molecule has 2 aromatic carbocycles. The van der Waals surface area contributed by atoms with Crippen LogP contribution in [0.4, 0.5) is 8.78 Å². The van der Waals surface area contributed by atoms with Crippen molar-refractivity contribution in [3.05, 3.63) is 71.2 Å². The first kappa shape index (κ1) is 21.5. The highest BCUT2D eigenvalue weighted by Gasteiger charge is 2.30. The average Bonchev–Trinajstić information content (AvgIpc) is 3.28. The van der Waals surface area contributed by atoms with Gasteiger partial charge in [0.1, 0.15) is 17.2 Å². The number of fused-ring (bicyclic) bond motifs is 2. The molecule has 5 rings (SSSR count). The van der Waals surface area contributed by atoms with E-state index in [2.05, 4.69) is 26.6 Å². The number of imidazole rings is 1. The predicted molar refractivity (Wildman–Crippen MR) is 122 cm³/mol. The van der Waals surface area contributed by atoms with Gasteiger partial charge in [0.25, 0.3) is 0 Å². The van der Waals surface area contributed by atoms with Gasteiger partial charge in [-0.2, -0.15) is 0 Å². The maximum absolute atomic E-state index is 14.8. The summed E-state index contributed by atoms with van der Waals surface area (Å²) in [5.74, 6) is 0.0146.